The van der Waals surface area contributed by atoms with Crippen LogP contribution in [0.1, 0.15) is 21.7 Å². The molecular weight excluding hydrogens is 266 g/mol. The summed E-state index contributed by atoms with van der Waals surface area (Å²) in [5.74, 6) is -0.0730. The number of fused-ring (bicyclic) bond motifs is 1. The SMILES string of the molecule is Cc1ccc(NC(=O)c2oc3ccccc3c2C)c(O)c1. The number of amides is 1. The number of carbonyl (C=O) groups excluding carboxylic acids is 1. The minimum absolute atomic E-state index is 0.0390. The number of para-hydroxylation sites is 1. The molecule has 106 valence electrons. The number of aryl methyl sites for hydroxylation is 2. The number of benzene rings is 2. The van der Waals surface area contributed by atoms with Gasteiger partial charge in [-0.25, -0.2) is 0 Å². The fourth-order valence-electron chi connectivity index (χ4n) is 2.32. The molecule has 0 aliphatic heterocycles. The maximum atomic E-state index is 12.3. The molecule has 0 aliphatic carbocycles. The van der Waals surface area contributed by atoms with Crippen molar-refractivity contribution in [2.45, 2.75) is 13.8 Å². The second-order valence-electron chi connectivity index (χ2n) is 5.03. The van der Waals surface area contributed by atoms with Gasteiger partial charge >= 0.3 is 0 Å². The lowest BCUT2D eigenvalue weighted by Gasteiger charge is -2.06. The maximum absolute atomic E-state index is 12.3. The van der Waals surface area contributed by atoms with E-state index in [1.54, 1.807) is 12.1 Å². The average Bonchev–Trinajstić information content (AvgIpc) is 2.80. The van der Waals surface area contributed by atoms with Gasteiger partial charge in [0.2, 0.25) is 0 Å². The van der Waals surface area contributed by atoms with Crippen molar-refractivity contribution < 1.29 is 14.3 Å². The monoisotopic (exact) mass is 281 g/mol. The molecule has 4 heteroatoms. The molecule has 2 N–H and O–H groups in total. The zero-order valence-electron chi connectivity index (χ0n) is 11.8. The van der Waals surface area contributed by atoms with E-state index in [9.17, 15) is 9.90 Å². The number of phenols is 1. The number of furan rings is 1. The summed E-state index contributed by atoms with van der Waals surface area (Å²) in [5, 5.41) is 13.4. The number of rotatable bonds is 2. The van der Waals surface area contributed by atoms with Gasteiger partial charge in [-0.1, -0.05) is 24.3 Å². The summed E-state index contributed by atoms with van der Waals surface area (Å²) in [7, 11) is 0. The van der Waals surface area contributed by atoms with Crippen molar-refractivity contribution in [3.8, 4) is 5.75 Å². The minimum atomic E-state index is -0.372. The highest BCUT2D eigenvalue weighted by Crippen LogP contribution is 2.28. The first-order chi connectivity index (χ1) is 10.1. The van der Waals surface area contributed by atoms with Gasteiger partial charge in [-0.3, -0.25) is 4.79 Å². The lowest BCUT2D eigenvalue weighted by Crippen LogP contribution is -2.12. The molecule has 3 rings (SSSR count). The van der Waals surface area contributed by atoms with Crippen LogP contribution < -0.4 is 5.32 Å². The Morgan fingerprint density at radius 2 is 1.90 bits per heavy atom. The molecule has 0 saturated carbocycles. The Labute approximate surface area is 122 Å². The Morgan fingerprint density at radius 1 is 1.14 bits per heavy atom. The molecule has 0 unspecified atom stereocenters. The highest BCUT2D eigenvalue weighted by molar-refractivity contribution is 6.07. The molecule has 0 saturated heterocycles. The topological polar surface area (TPSA) is 62.5 Å². The smallest absolute Gasteiger partial charge is 0.291 e. The molecule has 0 fully saturated rings. The molecule has 4 nitrogen and oxygen atoms in total. The number of carbonyl (C=O) groups is 1. The van der Waals surface area contributed by atoms with Crippen molar-refractivity contribution in [3.63, 3.8) is 0 Å². The van der Waals surface area contributed by atoms with Crippen LogP contribution in [0.5, 0.6) is 5.75 Å². The summed E-state index contributed by atoms with van der Waals surface area (Å²) in [5.41, 5.74) is 2.75. The largest absolute Gasteiger partial charge is 0.506 e. The predicted molar refractivity (Wildman–Crippen MR) is 81.7 cm³/mol. The maximum Gasteiger partial charge on any atom is 0.291 e. The Hall–Kier alpha value is -2.75. The van der Waals surface area contributed by atoms with E-state index in [1.165, 1.54) is 0 Å². The molecule has 1 heterocycles. The van der Waals surface area contributed by atoms with E-state index in [-0.39, 0.29) is 17.4 Å². The van der Waals surface area contributed by atoms with Gasteiger partial charge in [0.15, 0.2) is 5.76 Å². The molecular formula is C17H15NO3. The van der Waals surface area contributed by atoms with E-state index in [2.05, 4.69) is 5.32 Å². The zero-order chi connectivity index (χ0) is 15.0. The van der Waals surface area contributed by atoms with Crippen LogP contribution in [0.25, 0.3) is 11.0 Å². The highest BCUT2D eigenvalue weighted by atomic mass is 16.3. The van der Waals surface area contributed by atoms with Gasteiger partial charge < -0.3 is 14.8 Å². The normalized spacial score (nSPS) is 10.8. The predicted octanol–water partition coefficient (Wildman–Crippen LogP) is 4.01. The van der Waals surface area contributed by atoms with Gasteiger partial charge in [0.1, 0.15) is 11.3 Å². The molecule has 2 aromatic carbocycles. The summed E-state index contributed by atoms with van der Waals surface area (Å²) >= 11 is 0. The van der Waals surface area contributed by atoms with Gasteiger partial charge in [0.25, 0.3) is 5.91 Å². The van der Waals surface area contributed by atoms with Crippen molar-refractivity contribution in [1.29, 1.82) is 0 Å². The fraction of sp³-hybridized carbons (Fsp3) is 0.118. The quantitative estimate of drug-likeness (QED) is 0.698. The van der Waals surface area contributed by atoms with Crippen molar-refractivity contribution in [3.05, 3.63) is 59.4 Å². The Balaban J connectivity index is 1.95. The summed E-state index contributed by atoms with van der Waals surface area (Å²) in [6.45, 7) is 3.71. The van der Waals surface area contributed by atoms with Crippen LogP contribution in [-0.4, -0.2) is 11.0 Å². The number of phenolic OH excluding ortho intramolecular Hbond substituents is 1. The van der Waals surface area contributed by atoms with Gasteiger partial charge in [0, 0.05) is 10.9 Å². The van der Waals surface area contributed by atoms with Crippen LogP contribution >= 0.6 is 0 Å². The summed E-state index contributed by atoms with van der Waals surface area (Å²) in [6, 6.07) is 12.6. The van der Waals surface area contributed by atoms with Crippen LogP contribution in [-0.2, 0) is 0 Å². The second-order valence-corrected chi connectivity index (χ2v) is 5.03. The van der Waals surface area contributed by atoms with Crippen LogP contribution in [0.2, 0.25) is 0 Å². The molecule has 0 aliphatic rings. The van der Waals surface area contributed by atoms with Gasteiger partial charge in [0.05, 0.1) is 5.69 Å². The molecule has 3 aromatic rings. The number of hydrogen-bond donors (Lipinski definition) is 2. The molecule has 1 amide bonds. The molecule has 0 atom stereocenters. The van der Waals surface area contributed by atoms with E-state index in [0.29, 0.717) is 11.3 Å². The first-order valence-corrected chi connectivity index (χ1v) is 6.65. The zero-order valence-corrected chi connectivity index (χ0v) is 11.8. The minimum Gasteiger partial charge on any atom is -0.506 e. The highest BCUT2D eigenvalue weighted by Gasteiger charge is 2.18. The lowest BCUT2D eigenvalue weighted by atomic mass is 10.1. The number of nitrogens with one attached hydrogen (secondary N) is 1. The van der Waals surface area contributed by atoms with Crippen molar-refractivity contribution in [2.24, 2.45) is 0 Å². The molecule has 0 spiro atoms. The van der Waals surface area contributed by atoms with E-state index in [1.807, 2.05) is 44.2 Å². The van der Waals surface area contributed by atoms with E-state index in [4.69, 9.17) is 4.42 Å². The third-order valence-corrected chi connectivity index (χ3v) is 3.45. The van der Waals surface area contributed by atoms with E-state index >= 15 is 0 Å². The Morgan fingerprint density at radius 3 is 2.62 bits per heavy atom. The third-order valence-electron chi connectivity index (χ3n) is 3.45. The molecule has 21 heavy (non-hydrogen) atoms. The third kappa shape index (κ3) is 2.36. The van der Waals surface area contributed by atoms with Gasteiger partial charge in [-0.05, 0) is 37.6 Å². The Bertz CT molecular complexity index is 833. The first-order valence-electron chi connectivity index (χ1n) is 6.65. The number of hydrogen-bond acceptors (Lipinski definition) is 3. The summed E-state index contributed by atoms with van der Waals surface area (Å²) in [6.07, 6.45) is 0. The summed E-state index contributed by atoms with van der Waals surface area (Å²) in [4.78, 5) is 12.3. The number of anilines is 1. The molecule has 0 radical (unpaired) electrons. The van der Waals surface area contributed by atoms with Crippen LogP contribution in [0.4, 0.5) is 5.69 Å². The first kappa shape index (κ1) is 13.2. The van der Waals surface area contributed by atoms with E-state index < -0.39 is 0 Å². The second kappa shape index (κ2) is 4.98. The van der Waals surface area contributed by atoms with Crippen molar-refractivity contribution >= 4 is 22.6 Å². The lowest BCUT2D eigenvalue weighted by molar-refractivity contribution is 0.0997. The summed E-state index contributed by atoms with van der Waals surface area (Å²) < 4.78 is 5.60. The molecule has 1 aromatic heterocycles. The van der Waals surface area contributed by atoms with Crippen LogP contribution in [0, 0.1) is 13.8 Å². The standard InChI is InChI=1S/C17H15NO3/c1-10-7-8-13(14(19)9-10)18-17(20)16-11(2)12-5-3-4-6-15(12)21-16/h3-9,19H,1-2H3,(H,18,20). The van der Waals surface area contributed by atoms with Crippen LogP contribution in [0.3, 0.4) is 0 Å². The van der Waals surface area contributed by atoms with Gasteiger partial charge in [-0.2, -0.15) is 0 Å². The average molecular weight is 281 g/mol. The van der Waals surface area contributed by atoms with Crippen LogP contribution in [0.15, 0.2) is 46.9 Å². The number of aromatic hydroxyl groups is 1. The van der Waals surface area contributed by atoms with E-state index in [0.717, 1.165) is 16.5 Å². The van der Waals surface area contributed by atoms with Crippen molar-refractivity contribution in [2.75, 3.05) is 5.32 Å². The fourth-order valence-corrected chi connectivity index (χ4v) is 2.32. The van der Waals surface area contributed by atoms with Gasteiger partial charge in [-0.15, -0.1) is 0 Å². The van der Waals surface area contributed by atoms with Crippen molar-refractivity contribution in [1.82, 2.24) is 0 Å². The Kier molecular flexibility index (Phi) is 3.14. The molecule has 0 bridgehead atoms.